The van der Waals surface area contributed by atoms with Crippen molar-refractivity contribution >= 4 is 18.4 Å². The van der Waals surface area contributed by atoms with Crippen molar-refractivity contribution in [2.24, 2.45) is 0 Å². The first-order valence-electron chi connectivity index (χ1n) is 3.53. The molecule has 0 saturated carbocycles. The maximum atomic E-state index is 11.0. The number of thiol groups is 1. The summed E-state index contributed by atoms with van der Waals surface area (Å²) >= 11 is 4.13. The lowest BCUT2D eigenvalue weighted by atomic mass is 10.1. The number of benzene rings is 1. The highest BCUT2D eigenvalue weighted by atomic mass is 32.1. The topological polar surface area (TPSA) is 26.3 Å². The molecule has 1 aromatic rings. The van der Waals surface area contributed by atoms with Crippen LogP contribution in [0.1, 0.15) is 17.3 Å². The number of hydrogen-bond acceptors (Lipinski definition) is 3. The van der Waals surface area contributed by atoms with Gasteiger partial charge < -0.3 is 4.74 Å². The molecule has 0 amide bonds. The van der Waals surface area contributed by atoms with Gasteiger partial charge in [0, 0.05) is 4.90 Å². The van der Waals surface area contributed by atoms with Crippen LogP contribution < -0.4 is 4.74 Å². The van der Waals surface area contributed by atoms with E-state index in [-0.39, 0.29) is 5.78 Å². The first kappa shape index (κ1) is 9.13. The van der Waals surface area contributed by atoms with Crippen LogP contribution in [0.2, 0.25) is 0 Å². The fourth-order valence-electron chi connectivity index (χ4n) is 0.971. The third-order valence-electron chi connectivity index (χ3n) is 1.56. The summed E-state index contributed by atoms with van der Waals surface area (Å²) in [6, 6.07) is 5.20. The Morgan fingerprint density at radius 2 is 2.17 bits per heavy atom. The number of hydrogen-bond donors (Lipinski definition) is 1. The highest BCUT2D eigenvalue weighted by molar-refractivity contribution is 7.80. The molecule has 0 saturated heterocycles. The van der Waals surface area contributed by atoms with E-state index in [0.29, 0.717) is 11.3 Å². The Kier molecular flexibility index (Phi) is 2.76. The standard InChI is InChI=1S/C9H10O2S/c1-6(10)8-4-3-7(12)5-9(8)11-2/h3-5,12H,1-2H3. The minimum Gasteiger partial charge on any atom is -0.496 e. The molecule has 0 aliphatic rings. The van der Waals surface area contributed by atoms with E-state index in [9.17, 15) is 4.79 Å². The van der Waals surface area contributed by atoms with Gasteiger partial charge in [-0.25, -0.2) is 0 Å². The first-order valence-corrected chi connectivity index (χ1v) is 3.98. The van der Waals surface area contributed by atoms with Crippen molar-refractivity contribution in [3.05, 3.63) is 23.8 Å². The van der Waals surface area contributed by atoms with Crippen LogP contribution in [0.15, 0.2) is 23.1 Å². The molecule has 64 valence electrons. The normalized spacial score (nSPS) is 9.58. The third kappa shape index (κ3) is 1.80. The molecule has 0 spiro atoms. The summed E-state index contributed by atoms with van der Waals surface area (Å²) < 4.78 is 5.02. The number of rotatable bonds is 2. The highest BCUT2D eigenvalue weighted by Gasteiger charge is 2.06. The molecule has 0 aliphatic heterocycles. The van der Waals surface area contributed by atoms with Gasteiger partial charge in [-0.2, -0.15) is 0 Å². The Bertz CT molecular complexity index is 307. The van der Waals surface area contributed by atoms with Gasteiger partial charge in [0.05, 0.1) is 12.7 Å². The predicted molar refractivity (Wildman–Crippen MR) is 50.3 cm³/mol. The molecule has 1 rings (SSSR count). The third-order valence-corrected chi connectivity index (χ3v) is 1.84. The van der Waals surface area contributed by atoms with Crippen molar-refractivity contribution in [1.29, 1.82) is 0 Å². The number of carbonyl (C=O) groups is 1. The van der Waals surface area contributed by atoms with E-state index in [2.05, 4.69) is 12.6 Å². The number of ketones is 1. The van der Waals surface area contributed by atoms with Crippen LogP contribution in [-0.2, 0) is 0 Å². The minimum atomic E-state index is 0.000170. The van der Waals surface area contributed by atoms with Crippen molar-refractivity contribution in [1.82, 2.24) is 0 Å². The summed E-state index contributed by atoms with van der Waals surface area (Å²) in [5.41, 5.74) is 0.593. The summed E-state index contributed by atoms with van der Waals surface area (Å²) in [5.74, 6) is 0.579. The lowest BCUT2D eigenvalue weighted by molar-refractivity contribution is 0.101. The second kappa shape index (κ2) is 3.63. The zero-order valence-electron chi connectivity index (χ0n) is 7.00. The van der Waals surface area contributed by atoms with Crippen LogP contribution in [0.3, 0.4) is 0 Å². The molecule has 12 heavy (non-hydrogen) atoms. The average Bonchev–Trinajstić information content (AvgIpc) is 2.03. The Labute approximate surface area is 77.0 Å². The van der Waals surface area contributed by atoms with Gasteiger partial charge in [0.2, 0.25) is 0 Å². The maximum absolute atomic E-state index is 11.0. The van der Waals surface area contributed by atoms with Gasteiger partial charge in [-0.1, -0.05) is 0 Å². The summed E-state index contributed by atoms with van der Waals surface area (Å²) in [5, 5.41) is 0. The Morgan fingerprint density at radius 3 is 2.67 bits per heavy atom. The molecule has 0 bridgehead atoms. The Morgan fingerprint density at radius 1 is 1.50 bits per heavy atom. The quantitative estimate of drug-likeness (QED) is 0.560. The number of ether oxygens (including phenoxy) is 1. The van der Waals surface area contributed by atoms with Gasteiger partial charge in [-0.3, -0.25) is 4.79 Å². The molecule has 0 aromatic heterocycles. The summed E-state index contributed by atoms with van der Waals surface area (Å²) in [7, 11) is 1.54. The van der Waals surface area contributed by atoms with E-state index in [1.54, 1.807) is 18.2 Å². The monoisotopic (exact) mass is 182 g/mol. The molecule has 2 nitrogen and oxygen atoms in total. The Balaban J connectivity index is 3.20. The molecule has 0 N–H and O–H groups in total. The number of Topliss-reactive ketones (excluding diaryl/α,β-unsaturated/α-hetero) is 1. The molecule has 3 heteroatoms. The van der Waals surface area contributed by atoms with Gasteiger partial charge in [0.1, 0.15) is 5.75 Å². The molecular formula is C9H10O2S. The van der Waals surface area contributed by atoms with Gasteiger partial charge in [-0.15, -0.1) is 12.6 Å². The zero-order valence-corrected chi connectivity index (χ0v) is 7.89. The van der Waals surface area contributed by atoms with Crippen LogP contribution in [0.25, 0.3) is 0 Å². The Hall–Kier alpha value is -0.960. The van der Waals surface area contributed by atoms with Gasteiger partial charge >= 0.3 is 0 Å². The summed E-state index contributed by atoms with van der Waals surface area (Å²) in [6.45, 7) is 1.51. The molecule has 1 aromatic carbocycles. The van der Waals surface area contributed by atoms with Crippen molar-refractivity contribution in [2.45, 2.75) is 11.8 Å². The predicted octanol–water partition coefficient (Wildman–Crippen LogP) is 2.19. The van der Waals surface area contributed by atoms with Gasteiger partial charge in [-0.05, 0) is 25.1 Å². The van der Waals surface area contributed by atoms with E-state index >= 15 is 0 Å². The van der Waals surface area contributed by atoms with Crippen LogP contribution >= 0.6 is 12.6 Å². The van der Waals surface area contributed by atoms with Crippen LogP contribution in [0.4, 0.5) is 0 Å². The molecule has 0 fully saturated rings. The smallest absolute Gasteiger partial charge is 0.163 e. The first-order chi connectivity index (χ1) is 5.65. The van der Waals surface area contributed by atoms with E-state index < -0.39 is 0 Å². The van der Waals surface area contributed by atoms with E-state index in [1.165, 1.54) is 14.0 Å². The zero-order chi connectivity index (χ0) is 9.14. The SMILES string of the molecule is COc1cc(S)ccc1C(C)=O. The molecular weight excluding hydrogens is 172 g/mol. The molecule has 0 atom stereocenters. The number of methoxy groups -OCH3 is 1. The molecule has 0 aliphatic carbocycles. The van der Waals surface area contributed by atoms with E-state index in [4.69, 9.17) is 4.74 Å². The molecule has 0 heterocycles. The second-order valence-corrected chi connectivity index (χ2v) is 2.96. The second-order valence-electron chi connectivity index (χ2n) is 2.44. The van der Waals surface area contributed by atoms with Gasteiger partial charge in [0.25, 0.3) is 0 Å². The lowest BCUT2D eigenvalue weighted by Gasteiger charge is -2.05. The highest BCUT2D eigenvalue weighted by Crippen LogP contribution is 2.22. The lowest BCUT2D eigenvalue weighted by Crippen LogP contribution is -1.96. The van der Waals surface area contributed by atoms with E-state index in [1.807, 2.05) is 0 Å². The van der Waals surface area contributed by atoms with Crippen molar-refractivity contribution < 1.29 is 9.53 Å². The van der Waals surface area contributed by atoms with Crippen LogP contribution in [-0.4, -0.2) is 12.9 Å². The van der Waals surface area contributed by atoms with Crippen molar-refractivity contribution in [2.75, 3.05) is 7.11 Å². The number of carbonyl (C=O) groups excluding carboxylic acids is 1. The molecule has 0 unspecified atom stereocenters. The van der Waals surface area contributed by atoms with Crippen LogP contribution in [0, 0.1) is 0 Å². The van der Waals surface area contributed by atoms with Gasteiger partial charge in [0.15, 0.2) is 5.78 Å². The fourth-order valence-corrected chi connectivity index (χ4v) is 1.16. The fraction of sp³-hybridized carbons (Fsp3) is 0.222. The average molecular weight is 182 g/mol. The summed E-state index contributed by atoms with van der Waals surface area (Å²) in [4.78, 5) is 11.8. The maximum Gasteiger partial charge on any atom is 0.163 e. The van der Waals surface area contributed by atoms with Crippen LogP contribution in [0.5, 0.6) is 5.75 Å². The largest absolute Gasteiger partial charge is 0.496 e. The van der Waals surface area contributed by atoms with Crippen molar-refractivity contribution in [3.8, 4) is 5.75 Å². The van der Waals surface area contributed by atoms with E-state index in [0.717, 1.165) is 4.90 Å². The van der Waals surface area contributed by atoms with Crippen molar-refractivity contribution in [3.63, 3.8) is 0 Å². The summed E-state index contributed by atoms with van der Waals surface area (Å²) in [6.07, 6.45) is 0. The minimum absolute atomic E-state index is 0.000170. The molecule has 0 radical (unpaired) electrons.